The molecule has 1 heterocycles. The van der Waals surface area contributed by atoms with Gasteiger partial charge < -0.3 is 15.6 Å². The van der Waals surface area contributed by atoms with Crippen molar-refractivity contribution in [2.45, 2.75) is 25.4 Å². The molecule has 168 valence electrons. The Morgan fingerprint density at radius 2 is 1.55 bits per heavy atom. The summed E-state index contributed by atoms with van der Waals surface area (Å²) in [6, 6.07) is 26.9. The van der Waals surface area contributed by atoms with Crippen molar-refractivity contribution in [1.29, 1.82) is 0 Å². The van der Waals surface area contributed by atoms with Crippen molar-refractivity contribution in [1.82, 2.24) is 20.9 Å². The summed E-state index contributed by atoms with van der Waals surface area (Å²) in [6.07, 6.45) is 2.03. The minimum Gasteiger partial charge on any atom is -0.361 e. The van der Waals surface area contributed by atoms with Gasteiger partial charge in [0, 0.05) is 36.1 Å². The maximum absolute atomic E-state index is 12.6. The topological polar surface area (TPSA) is 86.0 Å². The number of hydrogen-bond acceptors (Lipinski definition) is 3. The van der Waals surface area contributed by atoms with Gasteiger partial charge in [-0.05, 0) is 29.7 Å². The number of carbonyl (C=O) groups is 2. The fourth-order valence-electron chi connectivity index (χ4n) is 3.90. The number of urea groups is 1. The number of hydrogen-bond donors (Lipinski definition) is 4. The summed E-state index contributed by atoms with van der Waals surface area (Å²) in [7, 11) is 0. The van der Waals surface area contributed by atoms with E-state index in [1.807, 2.05) is 66.9 Å². The van der Waals surface area contributed by atoms with E-state index in [0.717, 1.165) is 27.6 Å². The van der Waals surface area contributed by atoms with Crippen molar-refractivity contribution in [3.63, 3.8) is 0 Å². The third-order valence-corrected chi connectivity index (χ3v) is 5.75. The maximum Gasteiger partial charge on any atom is 0.321 e. The summed E-state index contributed by atoms with van der Waals surface area (Å²) < 4.78 is 0. The zero-order valence-corrected chi connectivity index (χ0v) is 18.5. The normalized spacial score (nSPS) is 12.8. The van der Waals surface area contributed by atoms with Crippen molar-refractivity contribution in [3.8, 4) is 0 Å². The predicted octanol–water partition coefficient (Wildman–Crippen LogP) is 4.30. The first-order valence-corrected chi connectivity index (χ1v) is 11.1. The minimum atomic E-state index is -0.538. The molecule has 0 saturated carbocycles. The number of nitrogens with one attached hydrogen (secondary N) is 4. The zero-order valence-electron chi connectivity index (χ0n) is 18.5. The largest absolute Gasteiger partial charge is 0.361 e. The fourth-order valence-corrected chi connectivity index (χ4v) is 3.90. The first-order chi connectivity index (χ1) is 16.1. The average Bonchev–Trinajstić information content (AvgIpc) is 3.28. The second-order valence-electron chi connectivity index (χ2n) is 8.04. The number of para-hydroxylation sites is 1. The van der Waals surface area contributed by atoms with E-state index in [9.17, 15) is 9.59 Å². The molecule has 0 bridgehead atoms. The van der Waals surface area contributed by atoms with E-state index in [1.165, 1.54) is 0 Å². The van der Waals surface area contributed by atoms with E-state index >= 15 is 0 Å². The van der Waals surface area contributed by atoms with E-state index in [2.05, 4.69) is 45.2 Å². The number of benzene rings is 3. The maximum atomic E-state index is 12.6. The third-order valence-electron chi connectivity index (χ3n) is 5.75. The Bertz CT molecular complexity index is 1200. The van der Waals surface area contributed by atoms with Gasteiger partial charge in [-0.2, -0.15) is 0 Å². The molecule has 2 atom stereocenters. The van der Waals surface area contributed by atoms with Crippen LogP contribution in [0.15, 0.2) is 91.1 Å². The summed E-state index contributed by atoms with van der Waals surface area (Å²) >= 11 is 0. The van der Waals surface area contributed by atoms with Gasteiger partial charge >= 0.3 is 6.03 Å². The highest BCUT2D eigenvalue weighted by Gasteiger charge is 2.21. The molecule has 0 unspecified atom stereocenters. The number of aromatic amines is 1. The molecular formula is C27H28N4O2. The first-order valence-electron chi connectivity index (χ1n) is 11.1. The Kier molecular flexibility index (Phi) is 7.17. The molecule has 4 N–H and O–H groups in total. The second-order valence-corrected chi connectivity index (χ2v) is 8.04. The van der Waals surface area contributed by atoms with Crippen LogP contribution in [0.4, 0.5) is 4.79 Å². The SMILES string of the molecule is C[C@@H](NC[C@H](c1ccccc1)c1c[nH]c2ccccc12)C(=O)NC(=O)NCc1ccccc1. The summed E-state index contributed by atoms with van der Waals surface area (Å²) in [4.78, 5) is 28.1. The van der Waals surface area contributed by atoms with Crippen LogP contribution in [-0.2, 0) is 11.3 Å². The van der Waals surface area contributed by atoms with Crippen molar-refractivity contribution in [3.05, 3.63) is 108 Å². The van der Waals surface area contributed by atoms with Crippen LogP contribution in [0.5, 0.6) is 0 Å². The quantitative estimate of drug-likeness (QED) is 0.329. The molecule has 0 aliphatic rings. The standard InChI is InChI=1S/C27H28N4O2/c1-19(26(32)31-27(33)30-16-20-10-4-2-5-11-20)28-17-23(21-12-6-3-7-13-21)24-18-29-25-15-9-8-14-22(24)25/h2-15,18-19,23,28-29H,16-17H2,1H3,(H2,30,31,32,33)/t19-,23-/m1/s1. The van der Waals surface area contributed by atoms with Gasteiger partial charge in [-0.15, -0.1) is 0 Å². The van der Waals surface area contributed by atoms with Crippen molar-refractivity contribution < 1.29 is 9.59 Å². The van der Waals surface area contributed by atoms with Gasteiger partial charge in [-0.1, -0.05) is 78.9 Å². The molecule has 0 aliphatic carbocycles. The molecule has 4 aromatic rings. The monoisotopic (exact) mass is 440 g/mol. The van der Waals surface area contributed by atoms with Crippen LogP contribution in [-0.4, -0.2) is 29.5 Å². The number of rotatable bonds is 8. The second kappa shape index (κ2) is 10.6. The lowest BCUT2D eigenvalue weighted by Crippen LogP contribution is -2.48. The molecule has 0 spiro atoms. The predicted molar refractivity (Wildman–Crippen MR) is 131 cm³/mol. The van der Waals surface area contributed by atoms with Crippen LogP contribution < -0.4 is 16.0 Å². The fraction of sp³-hybridized carbons (Fsp3) is 0.185. The number of fused-ring (bicyclic) bond motifs is 1. The highest BCUT2D eigenvalue weighted by molar-refractivity contribution is 5.96. The molecule has 3 aromatic carbocycles. The Morgan fingerprint density at radius 1 is 0.879 bits per heavy atom. The van der Waals surface area contributed by atoms with Gasteiger partial charge in [0.2, 0.25) is 5.91 Å². The Balaban J connectivity index is 1.39. The van der Waals surface area contributed by atoms with Crippen LogP contribution in [0, 0.1) is 0 Å². The van der Waals surface area contributed by atoms with Crippen molar-refractivity contribution >= 4 is 22.8 Å². The van der Waals surface area contributed by atoms with Gasteiger partial charge in [0.05, 0.1) is 6.04 Å². The lowest BCUT2D eigenvalue weighted by Gasteiger charge is -2.21. The van der Waals surface area contributed by atoms with E-state index in [4.69, 9.17) is 0 Å². The summed E-state index contributed by atoms with van der Waals surface area (Å²) in [5, 5.41) is 9.60. The number of H-pyrrole nitrogens is 1. The summed E-state index contributed by atoms with van der Waals surface area (Å²) in [6.45, 7) is 2.67. The van der Waals surface area contributed by atoms with E-state index < -0.39 is 12.1 Å². The van der Waals surface area contributed by atoms with Crippen LogP contribution >= 0.6 is 0 Å². The number of carbonyl (C=O) groups excluding carboxylic acids is 2. The molecule has 0 radical (unpaired) electrons. The van der Waals surface area contributed by atoms with Crippen molar-refractivity contribution in [2.75, 3.05) is 6.54 Å². The average molecular weight is 441 g/mol. The number of amides is 3. The van der Waals surface area contributed by atoms with E-state index in [-0.39, 0.29) is 11.8 Å². The zero-order chi connectivity index (χ0) is 23.0. The van der Waals surface area contributed by atoms with Crippen LogP contribution in [0.3, 0.4) is 0 Å². The van der Waals surface area contributed by atoms with Gasteiger partial charge in [0.25, 0.3) is 0 Å². The molecule has 6 heteroatoms. The molecule has 0 saturated heterocycles. The molecular weight excluding hydrogens is 412 g/mol. The molecule has 0 fully saturated rings. The highest BCUT2D eigenvalue weighted by Crippen LogP contribution is 2.30. The van der Waals surface area contributed by atoms with Gasteiger partial charge in [-0.3, -0.25) is 10.1 Å². The van der Waals surface area contributed by atoms with Gasteiger partial charge in [-0.25, -0.2) is 4.79 Å². The molecule has 0 aliphatic heterocycles. The lowest BCUT2D eigenvalue weighted by atomic mass is 9.90. The molecule has 3 amide bonds. The summed E-state index contributed by atoms with van der Waals surface area (Å²) in [5.74, 6) is -0.323. The third kappa shape index (κ3) is 5.67. The Hall–Kier alpha value is -3.90. The Morgan fingerprint density at radius 3 is 2.30 bits per heavy atom. The van der Waals surface area contributed by atoms with E-state index in [0.29, 0.717) is 13.1 Å². The first kappa shape index (κ1) is 22.3. The number of imide groups is 1. The highest BCUT2D eigenvalue weighted by atomic mass is 16.2. The van der Waals surface area contributed by atoms with Crippen LogP contribution in [0.1, 0.15) is 29.5 Å². The number of aromatic nitrogens is 1. The van der Waals surface area contributed by atoms with Crippen LogP contribution in [0.25, 0.3) is 10.9 Å². The molecule has 6 nitrogen and oxygen atoms in total. The lowest BCUT2D eigenvalue weighted by molar-refractivity contribution is -0.121. The van der Waals surface area contributed by atoms with Gasteiger partial charge in [0.15, 0.2) is 0 Å². The molecule has 1 aromatic heterocycles. The molecule has 4 rings (SSSR count). The smallest absolute Gasteiger partial charge is 0.321 e. The Labute approximate surface area is 193 Å². The minimum absolute atomic E-state index is 0.0458. The van der Waals surface area contributed by atoms with Gasteiger partial charge in [0.1, 0.15) is 0 Å². The summed E-state index contributed by atoms with van der Waals surface area (Å²) in [5.41, 5.74) is 4.37. The van der Waals surface area contributed by atoms with Crippen LogP contribution in [0.2, 0.25) is 0 Å². The van der Waals surface area contributed by atoms with Crippen molar-refractivity contribution in [2.24, 2.45) is 0 Å². The molecule has 33 heavy (non-hydrogen) atoms. The van der Waals surface area contributed by atoms with E-state index in [1.54, 1.807) is 6.92 Å².